The number of pyridine rings is 1. The Hall–Kier alpha value is -2.14. The number of aryl methyl sites for hydroxylation is 1. The van der Waals surface area contributed by atoms with Crippen molar-refractivity contribution >= 4 is 0 Å². The number of hydrogen-bond acceptors (Lipinski definition) is 2. The van der Waals surface area contributed by atoms with Crippen LogP contribution < -0.4 is 0 Å². The largest absolute Gasteiger partial charge is 0.264 e. The van der Waals surface area contributed by atoms with E-state index in [9.17, 15) is 0 Å². The van der Waals surface area contributed by atoms with Crippen LogP contribution in [0.15, 0.2) is 42.7 Å². The topological polar surface area (TPSA) is 36.7 Å². The Balaban J connectivity index is 2.49. The predicted octanol–water partition coefficient (Wildman–Crippen LogP) is 2.93. The molecule has 0 bridgehead atoms. The van der Waals surface area contributed by atoms with Crippen molar-refractivity contribution < 1.29 is 0 Å². The summed E-state index contributed by atoms with van der Waals surface area (Å²) in [5.41, 5.74) is 3.89. The predicted molar refractivity (Wildman–Crippen MR) is 59.1 cm³/mol. The maximum atomic E-state index is 8.82. The molecule has 0 aliphatic heterocycles. The van der Waals surface area contributed by atoms with E-state index < -0.39 is 0 Å². The van der Waals surface area contributed by atoms with Gasteiger partial charge in [-0.3, -0.25) is 4.98 Å². The highest BCUT2D eigenvalue weighted by atomic mass is 14.6. The van der Waals surface area contributed by atoms with Crippen LogP contribution >= 0.6 is 0 Å². The molecule has 0 unspecified atom stereocenters. The van der Waals surface area contributed by atoms with E-state index in [0.29, 0.717) is 0 Å². The third-order valence-corrected chi connectivity index (χ3v) is 2.34. The molecule has 0 saturated heterocycles. The van der Waals surface area contributed by atoms with Crippen molar-refractivity contribution in [1.29, 1.82) is 5.26 Å². The first-order valence-corrected chi connectivity index (χ1v) is 4.72. The zero-order chi connectivity index (χ0) is 10.7. The fraction of sp³-hybridized carbons (Fsp3) is 0.0769. The summed E-state index contributed by atoms with van der Waals surface area (Å²) >= 11 is 0. The van der Waals surface area contributed by atoms with Crippen LogP contribution in [0.1, 0.15) is 11.1 Å². The number of rotatable bonds is 1. The minimum absolute atomic E-state index is 0.725. The molecule has 0 radical (unpaired) electrons. The third-order valence-electron chi connectivity index (χ3n) is 2.34. The third kappa shape index (κ3) is 1.87. The van der Waals surface area contributed by atoms with Crippen LogP contribution in [-0.4, -0.2) is 4.98 Å². The molecule has 2 nitrogen and oxygen atoms in total. The molecule has 2 heteroatoms. The highest BCUT2D eigenvalue weighted by Gasteiger charge is 2.00. The number of benzene rings is 1. The Morgan fingerprint density at radius 1 is 1.20 bits per heavy atom. The van der Waals surface area contributed by atoms with Crippen LogP contribution in [0, 0.1) is 18.3 Å². The Bertz CT molecular complexity index is 510. The molecule has 0 aliphatic rings. The second-order valence-corrected chi connectivity index (χ2v) is 3.38. The van der Waals surface area contributed by atoms with Gasteiger partial charge in [-0.15, -0.1) is 0 Å². The fourth-order valence-corrected chi connectivity index (χ4v) is 1.50. The average molecular weight is 194 g/mol. The fourth-order valence-electron chi connectivity index (χ4n) is 1.50. The van der Waals surface area contributed by atoms with Crippen molar-refractivity contribution in [2.75, 3.05) is 0 Å². The molecule has 0 amide bonds. The van der Waals surface area contributed by atoms with E-state index in [0.717, 1.165) is 22.3 Å². The van der Waals surface area contributed by atoms with Gasteiger partial charge in [-0.05, 0) is 35.7 Å². The number of nitriles is 1. The Morgan fingerprint density at radius 2 is 2.07 bits per heavy atom. The van der Waals surface area contributed by atoms with Gasteiger partial charge in [0.25, 0.3) is 0 Å². The summed E-state index contributed by atoms with van der Waals surface area (Å²) in [7, 11) is 0. The molecular weight excluding hydrogens is 184 g/mol. The van der Waals surface area contributed by atoms with E-state index in [2.05, 4.69) is 11.1 Å². The maximum Gasteiger partial charge on any atom is 0.0994 e. The standard InChI is InChI=1S/C13H10N2/c1-10-7-11(4-5-12(10)8-14)13-3-2-6-15-9-13/h2-7,9H,1H3. The van der Waals surface area contributed by atoms with E-state index in [4.69, 9.17) is 5.26 Å². The molecule has 15 heavy (non-hydrogen) atoms. The molecule has 1 aromatic carbocycles. The maximum absolute atomic E-state index is 8.82. The highest BCUT2D eigenvalue weighted by Crippen LogP contribution is 2.20. The molecule has 0 fully saturated rings. The zero-order valence-corrected chi connectivity index (χ0v) is 8.44. The van der Waals surface area contributed by atoms with E-state index in [-0.39, 0.29) is 0 Å². The van der Waals surface area contributed by atoms with Gasteiger partial charge < -0.3 is 0 Å². The van der Waals surface area contributed by atoms with Gasteiger partial charge in [-0.25, -0.2) is 0 Å². The van der Waals surface area contributed by atoms with Gasteiger partial charge in [0.15, 0.2) is 0 Å². The van der Waals surface area contributed by atoms with Crippen molar-refractivity contribution in [2.24, 2.45) is 0 Å². The molecule has 0 atom stereocenters. The summed E-state index contributed by atoms with van der Waals surface area (Å²) in [4.78, 5) is 4.07. The molecule has 0 N–H and O–H groups in total. The SMILES string of the molecule is Cc1cc(-c2cccnc2)ccc1C#N. The van der Waals surface area contributed by atoms with Gasteiger partial charge in [-0.2, -0.15) is 5.26 Å². The van der Waals surface area contributed by atoms with E-state index in [1.807, 2.05) is 43.5 Å². The normalized spacial score (nSPS) is 9.60. The Morgan fingerprint density at radius 3 is 2.67 bits per heavy atom. The molecule has 0 aliphatic carbocycles. The van der Waals surface area contributed by atoms with Crippen molar-refractivity contribution in [3.05, 3.63) is 53.9 Å². The lowest BCUT2D eigenvalue weighted by Gasteiger charge is -2.03. The second kappa shape index (κ2) is 3.93. The summed E-state index contributed by atoms with van der Waals surface area (Å²) in [5, 5.41) is 8.82. The van der Waals surface area contributed by atoms with Gasteiger partial charge in [0, 0.05) is 12.4 Å². The van der Waals surface area contributed by atoms with Gasteiger partial charge in [0.2, 0.25) is 0 Å². The first-order valence-electron chi connectivity index (χ1n) is 4.72. The van der Waals surface area contributed by atoms with E-state index >= 15 is 0 Å². The van der Waals surface area contributed by atoms with Crippen LogP contribution in [0.2, 0.25) is 0 Å². The lowest BCUT2D eigenvalue weighted by atomic mass is 10.0. The summed E-state index contributed by atoms with van der Waals surface area (Å²) in [5.74, 6) is 0. The monoisotopic (exact) mass is 194 g/mol. The van der Waals surface area contributed by atoms with Gasteiger partial charge in [0.1, 0.15) is 0 Å². The zero-order valence-electron chi connectivity index (χ0n) is 8.44. The van der Waals surface area contributed by atoms with E-state index in [1.165, 1.54) is 0 Å². The molecule has 0 spiro atoms. The average Bonchev–Trinajstić information content (AvgIpc) is 2.30. The summed E-state index contributed by atoms with van der Waals surface area (Å²) in [6.07, 6.45) is 3.57. The van der Waals surface area contributed by atoms with Crippen LogP contribution in [0.4, 0.5) is 0 Å². The van der Waals surface area contributed by atoms with Crippen LogP contribution in [0.25, 0.3) is 11.1 Å². The second-order valence-electron chi connectivity index (χ2n) is 3.38. The lowest BCUT2D eigenvalue weighted by molar-refractivity contribution is 1.32. The Labute approximate surface area is 88.8 Å². The highest BCUT2D eigenvalue weighted by molar-refractivity contribution is 5.64. The summed E-state index contributed by atoms with van der Waals surface area (Å²) in [6, 6.07) is 11.9. The minimum atomic E-state index is 0.725. The number of aromatic nitrogens is 1. The first-order chi connectivity index (χ1) is 7.31. The Kier molecular flexibility index (Phi) is 2.47. The molecule has 72 valence electrons. The molecular formula is C13H10N2. The molecule has 2 rings (SSSR count). The van der Waals surface area contributed by atoms with Crippen molar-refractivity contribution in [2.45, 2.75) is 6.92 Å². The molecule has 2 aromatic rings. The lowest BCUT2D eigenvalue weighted by Crippen LogP contribution is -1.84. The van der Waals surface area contributed by atoms with Crippen molar-refractivity contribution in [1.82, 2.24) is 4.98 Å². The van der Waals surface area contributed by atoms with Crippen molar-refractivity contribution in [3.8, 4) is 17.2 Å². The summed E-state index contributed by atoms with van der Waals surface area (Å²) in [6.45, 7) is 1.94. The van der Waals surface area contributed by atoms with Gasteiger partial charge in [0.05, 0.1) is 11.6 Å². The first kappa shape index (κ1) is 9.42. The minimum Gasteiger partial charge on any atom is -0.264 e. The van der Waals surface area contributed by atoms with Gasteiger partial charge >= 0.3 is 0 Å². The van der Waals surface area contributed by atoms with Crippen LogP contribution in [-0.2, 0) is 0 Å². The summed E-state index contributed by atoms with van der Waals surface area (Å²) < 4.78 is 0. The van der Waals surface area contributed by atoms with Crippen molar-refractivity contribution in [3.63, 3.8) is 0 Å². The molecule has 1 aromatic heterocycles. The molecule has 0 saturated carbocycles. The van der Waals surface area contributed by atoms with Crippen LogP contribution in [0.5, 0.6) is 0 Å². The van der Waals surface area contributed by atoms with Gasteiger partial charge in [-0.1, -0.05) is 18.2 Å². The number of hydrogen-bond donors (Lipinski definition) is 0. The smallest absolute Gasteiger partial charge is 0.0994 e. The van der Waals surface area contributed by atoms with E-state index in [1.54, 1.807) is 6.20 Å². The number of nitrogens with zero attached hydrogens (tertiary/aromatic N) is 2. The quantitative estimate of drug-likeness (QED) is 0.699. The van der Waals surface area contributed by atoms with Crippen LogP contribution in [0.3, 0.4) is 0 Å². The molecule has 1 heterocycles.